The van der Waals surface area contributed by atoms with Gasteiger partial charge in [-0.25, -0.2) is 0 Å². The minimum Gasteiger partial charge on any atom is -0.339 e. The molecule has 1 saturated heterocycles. The average molecular weight is 232 g/mol. The topological polar surface area (TPSA) is 63.4 Å². The van der Waals surface area contributed by atoms with Crippen LogP contribution in [-0.2, 0) is 15.6 Å². The van der Waals surface area contributed by atoms with Crippen LogP contribution in [0.3, 0.4) is 0 Å². The van der Waals surface area contributed by atoms with Gasteiger partial charge in [-0.1, -0.05) is 13.8 Å². The first kappa shape index (κ1) is 12.6. The largest absolute Gasteiger partial charge is 0.339 e. The molecule has 1 amide bonds. The summed E-state index contributed by atoms with van der Waals surface area (Å²) in [5.74, 6) is 1.20. The summed E-state index contributed by atoms with van der Waals surface area (Å²) >= 11 is 0. The standard InChI is InChI=1S/C10H20N2O2S/c1-3-10(11,4-2)9(13)12-5-7-15(14)8-6-12/h3-8,11H2,1-2H3. The van der Waals surface area contributed by atoms with Crippen LogP contribution in [-0.4, -0.2) is 45.2 Å². The third-order valence-electron chi connectivity index (χ3n) is 3.15. The van der Waals surface area contributed by atoms with Gasteiger partial charge >= 0.3 is 0 Å². The van der Waals surface area contributed by atoms with Crippen LogP contribution in [0.1, 0.15) is 26.7 Å². The molecule has 4 nitrogen and oxygen atoms in total. The molecule has 1 aliphatic heterocycles. The monoisotopic (exact) mass is 232 g/mol. The lowest BCUT2D eigenvalue weighted by molar-refractivity contribution is -0.136. The SMILES string of the molecule is CCC(N)(CC)C(=O)N1CCS(=O)CC1. The molecule has 88 valence electrons. The van der Waals surface area contributed by atoms with E-state index in [0.717, 1.165) is 0 Å². The molecule has 15 heavy (non-hydrogen) atoms. The molecule has 1 fully saturated rings. The van der Waals surface area contributed by atoms with E-state index in [-0.39, 0.29) is 5.91 Å². The van der Waals surface area contributed by atoms with Gasteiger partial charge in [-0.05, 0) is 12.8 Å². The highest BCUT2D eigenvalue weighted by Crippen LogP contribution is 2.16. The van der Waals surface area contributed by atoms with Crippen molar-refractivity contribution in [3.63, 3.8) is 0 Å². The zero-order valence-corrected chi connectivity index (χ0v) is 10.3. The zero-order valence-electron chi connectivity index (χ0n) is 9.49. The highest BCUT2D eigenvalue weighted by atomic mass is 32.2. The first-order chi connectivity index (χ1) is 7.03. The summed E-state index contributed by atoms with van der Waals surface area (Å²) < 4.78 is 11.2. The van der Waals surface area contributed by atoms with Crippen molar-refractivity contribution in [2.24, 2.45) is 5.73 Å². The summed E-state index contributed by atoms with van der Waals surface area (Å²) in [6.07, 6.45) is 1.31. The van der Waals surface area contributed by atoms with Crippen molar-refractivity contribution in [3.8, 4) is 0 Å². The minimum atomic E-state index is -0.743. The molecule has 0 aromatic heterocycles. The van der Waals surface area contributed by atoms with Gasteiger partial charge in [-0.2, -0.15) is 0 Å². The van der Waals surface area contributed by atoms with E-state index in [0.29, 0.717) is 37.4 Å². The molecule has 0 unspecified atom stereocenters. The Bertz CT molecular complexity index is 254. The van der Waals surface area contributed by atoms with Crippen molar-refractivity contribution in [1.29, 1.82) is 0 Å². The van der Waals surface area contributed by atoms with Crippen molar-refractivity contribution in [3.05, 3.63) is 0 Å². The van der Waals surface area contributed by atoms with E-state index in [2.05, 4.69) is 0 Å². The molecule has 1 rings (SSSR count). The second kappa shape index (κ2) is 5.07. The first-order valence-electron chi connectivity index (χ1n) is 5.46. The normalized spacial score (nSPS) is 19.3. The summed E-state index contributed by atoms with van der Waals surface area (Å²) in [5.41, 5.74) is 5.32. The van der Waals surface area contributed by atoms with E-state index in [1.54, 1.807) is 4.90 Å². The maximum atomic E-state index is 12.1. The van der Waals surface area contributed by atoms with Crippen molar-refractivity contribution in [2.45, 2.75) is 32.2 Å². The van der Waals surface area contributed by atoms with Crippen LogP contribution in [0.4, 0.5) is 0 Å². The second-order valence-corrected chi connectivity index (χ2v) is 5.70. The Morgan fingerprint density at radius 2 is 1.80 bits per heavy atom. The van der Waals surface area contributed by atoms with E-state index >= 15 is 0 Å². The van der Waals surface area contributed by atoms with Gasteiger partial charge in [0, 0.05) is 35.4 Å². The highest BCUT2D eigenvalue weighted by molar-refractivity contribution is 7.85. The van der Waals surface area contributed by atoms with Crippen LogP contribution in [0, 0.1) is 0 Å². The van der Waals surface area contributed by atoms with Gasteiger partial charge in [-0.3, -0.25) is 9.00 Å². The quantitative estimate of drug-likeness (QED) is 0.750. The van der Waals surface area contributed by atoms with Crippen molar-refractivity contribution in [2.75, 3.05) is 24.6 Å². The van der Waals surface area contributed by atoms with Crippen molar-refractivity contribution < 1.29 is 9.00 Å². The molecular weight excluding hydrogens is 212 g/mol. The van der Waals surface area contributed by atoms with E-state index in [4.69, 9.17) is 5.73 Å². The van der Waals surface area contributed by atoms with Crippen LogP contribution in [0.25, 0.3) is 0 Å². The maximum absolute atomic E-state index is 12.1. The van der Waals surface area contributed by atoms with Crippen LogP contribution in [0.2, 0.25) is 0 Å². The number of amides is 1. The highest BCUT2D eigenvalue weighted by Gasteiger charge is 2.35. The number of nitrogens with two attached hydrogens (primary N) is 1. The van der Waals surface area contributed by atoms with Crippen molar-refractivity contribution in [1.82, 2.24) is 4.90 Å². The number of carbonyl (C=O) groups is 1. The summed E-state index contributed by atoms with van der Waals surface area (Å²) in [6, 6.07) is 0. The third kappa shape index (κ3) is 2.78. The molecule has 0 atom stereocenters. The molecule has 0 saturated carbocycles. The van der Waals surface area contributed by atoms with E-state index < -0.39 is 16.3 Å². The number of hydrogen-bond donors (Lipinski definition) is 1. The van der Waals surface area contributed by atoms with Crippen LogP contribution in [0.5, 0.6) is 0 Å². The van der Waals surface area contributed by atoms with Crippen LogP contribution >= 0.6 is 0 Å². The first-order valence-corrected chi connectivity index (χ1v) is 6.95. The molecule has 0 spiro atoms. The van der Waals surface area contributed by atoms with Gasteiger partial charge in [-0.15, -0.1) is 0 Å². The summed E-state index contributed by atoms with van der Waals surface area (Å²) in [6.45, 7) is 5.04. The molecule has 0 aromatic rings. The Kier molecular flexibility index (Phi) is 4.28. The molecule has 0 aliphatic carbocycles. The van der Waals surface area contributed by atoms with Gasteiger partial charge in [0.05, 0.1) is 5.54 Å². The predicted molar refractivity (Wildman–Crippen MR) is 62.0 cm³/mol. The number of rotatable bonds is 3. The Morgan fingerprint density at radius 3 is 2.20 bits per heavy atom. The molecule has 5 heteroatoms. The average Bonchev–Trinajstić information content (AvgIpc) is 2.28. The Hall–Kier alpha value is -0.420. The Morgan fingerprint density at radius 1 is 1.33 bits per heavy atom. The van der Waals surface area contributed by atoms with Gasteiger partial charge < -0.3 is 10.6 Å². The smallest absolute Gasteiger partial charge is 0.242 e. The van der Waals surface area contributed by atoms with Gasteiger partial charge in [0.1, 0.15) is 0 Å². The lowest BCUT2D eigenvalue weighted by atomic mass is 9.92. The van der Waals surface area contributed by atoms with E-state index in [9.17, 15) is 9.00 Å². The molecule has 0 radical (unpaired) electrons. The fourth-order valence-electron chi connectivity index (χ4n) is 1.71. The number of hydrogen-bond acceptors (Lipinski definition) is 3. The van der Waals surface area contributed by atoms with E-state index in [1.807, 2.05) is 13.8 Å². The van der Waals surface area contributed by atoms with Gasteiger partial charge in [0.25, 0.3) is 0 Å². The van der Waals surface area contributed by atoms with Crippen LogP contribution < -0.4 is 5.73 Å². The van der Waals surface area contributed by atoms with Gasteiger partial charge in [0.2, 0.25) is 5.91 Å². The summed E-state index contributed by atoms with van der Waals surface area (Å²) in [4.78, 5) is 13.8. The van der Waals surface area contributed by atoms with Crippen molar-refractivity contribution >= 4 is 16.7 Å². The lowest BCUT2D eigenvalue weighted by Gasteiger charge is -2.34. The molecule has 1 aliphatic rings. The fraction of sp³-hybridized carbons (Fsp3) is 0.900. The molecule has 0 bridgehead atoms. The van der Waals surface area contributed by atoms with Gasteiger partial charge in [0.15, 0.2) is 0 Å². The second-order valence-electron chi connectivity index (χ2n) is 4.00. The fourth-order valence-corrected chi connectivity index (χ4v) is 2.76. The molecular formula is C10H20N2O2S. The predicted octanol–water partition coefficient (Wildman–Crippen LogP) is 0.0948. The van der Waals surface area contributed by atoms with E-state index in [1.165, 1.54) is 0 Å². The zero-order chi connectivity index (χ0) is 11.5. The minimum absolute atomic E-state index is 0.0178. The summed E-state index contributed by atoms with van der Waals surface area (Å²) in [7, 11) is -0.743. The summed E-state index contributed by atoms with van der Waals surface area (Å²) in [5, 5.41) is 0. The molecule has 1 heterocycles. The number of carbonyl (C=O) groups excluding carboxylic acids is 1. The number of nitrogens with zero attached hydrogens (tertiary/aromatic N) is 1. The molecule has 2 N–H and O–H groups in total. The third-order valence-corrected chi connectivity index (χ3v) is 4.43. The maximum Gasteiger partial charge on any atom is 0.242 e. The lowest BCUT2D eigenvalue weighted by Crippen LogP contribution is -2.57. The Labute approximate surface area is 93.7 Å². The molecule has 0 aromatic carbocycles. The Balaban J connectivity index is 2.64. The van der Waals surface area contributed by atoms with Crippen LogP contribution in [0.15, 0.2) is 0 Å².